The number of aliphatic hydroxyl groups excluding tert-OH is 2. The summed E-state index contributed by atoms with van der Waals surface area (Å²) in [5, 5.41) is 79.8. The van der Waals surface area contributed by atoms with E-state index in [1.807, 2.05) is 13.8 Å². The van der Waals surface area contributed by atoms with Gasteiger partial charge in [-0.25, -0.2) is 4.98 Å². The van der Waals surface area contributed by atoms with Gasteiger partial charge in [0.1, 0.15) is 90.3 Å². The highest BCUT2D eigenvalue weighted by Gasteiger charge is 2.47. The van der Waals surface area contributed by atoms with Crippen LogP contribution in [0.2, 0.25) is 0 Å². The Morgan fingerprint density at radius 2 is 1.03 bits per heavy atom. The van der Waals surface area contributed by atoms with Crippen molar-refractivity contribution in [1.29, 1.82) is 0 Å². The van der Waals surface area contributed by atoms with Crippen molar-refractivity contribution < 1.29 is 112 Å². The summed E-state index contributed by atoms with van der Waals surface area (Å²) in [5.41, 5.74) is 14.3. The van der Waals surface area contributed by atoms with Crippen LogP contribution in [-0.2, 0) is 112 Å². The van der Waals surface area contributed by atoms with Gasteiger partial charge in [0.15, 0.2) is 0 Å². The zero-order valence-corrected chi connectivity index (χ0v) is 76.9. The van der Waals surface area contributed by atoms with E-state index in [0.29, 0.717) is 64.2 Å². The maximum atomic E-state index is 15.8. The quantitative estimate of drug-likeness (QED) is 0.0251. The number of aliphatic hydroxyl groups is 2. The van der Waals surface area contributed by atoms with Gasteiger partial charge in [0.2, 0.25) is 94.5 Å². The number of aromatic nitrogens is 4. The molecule has 3 saturated heterocycles. The Morgan fingerprint density at radius 3 is 1.61 bits per heavy atom. The number of phenols is 1. The zero-order chi connectivity index (χ0) is 98.4. The molecule has 0 aliphatic carbocycles. The molecule has 3 aliphatic heterocycles. The number of carbonyl (C=O) groups excluding carboxylic acids is 16. The number of aliphatic carboxylic acids is 2. The number of para-hydroxylation sites is 2. The molecule has 44 nitrogen and oxygen atoms in total. The number of carbonyl (C=O) groups is 18. The number of aromatic hydroxyl groups is 1. The zero-order valence-electron chi connectivity index (χ0n) is 76.1. The Morgan fingerprint density at radius 1 is 0.526 bits per heavy atom. The first-order chi connectivity index (χ1) is 64.4. The molecule has 22 N–H and O–H groups in total. The van der Waals surface area contributed by atoms with Crippen LogP contribution >= 0.6 is 11.8 Å². The maximum absolute atomic E-state index is 15.8. The Bertz CT molecular complexity index is 5210. The first kappa shape index (κ1) is 105. The summed E-state index contributed by atoms with van der Waals surface area (Å²) in [5.74, 6) is -19.6. The molecule has 732 valence electrons. The fourth-order valence-corrected chi connectivity index (χ4v) is 17.4. The number of benzene rings is 3. The van der Waals surface area contributed by atoms with E-state index in [9.17, 15) is 73.5 Å². The minimum atomic E-state index is -1.85. The molecule has 15 atom stereocenters. The summed E-state index contributed by atoms with van der Waals surface area (Å²) in [4.78, 5) is 280. The van der Waals surface area contributed by atoms with Crippen LogP contribution in [0.15, 0.2) is 97.7 Å². The summed E-state index contributed by atoms with van der Waals surface area (Å²) in [6.45, 7) is 2.44. The molecule has 16 amide bonds. The molecular formula is C90H123N21O23S. The number of unbranched alkanes of at least 4 members (excludes halogenated alkanes) is 2. The lowest BCUT2D eigenvalue weighted by Crippen LogP contribution is -2.61. The molecule has 3 fully saturated rings. The predicted octanol–water partition coefficient (Wildman–Crippen LogP) is -2.65. The third-order valence-corrected chi connectivity index (χ3v) is 25.2. The first-order valence-electron chi connectivity index (χ1n) is 45.0. The van der Waals surface area contributed by atoms with E-state index in [-0.39, 0.29) is 75.9 Å². The number of carboxylic acids is 2. The fourth-order valence-electron chi connectivity index (χ4n) is 16.6. The van der Waals surface area contributed by atoms with Crippen LogP contribution in [0.25, 0.3) is 21.8 Å². The van der Waals surface area contributed by atoms with Crippen LogP contribution in [0.1, 0.15) is 139 Å². The summed E-state index contributed by atoms with van der Waals surface area (Å²) in [6.07, 6.45) is 0.600. The van der Waals surface area contributed by atoms with E-state index >= 15 is 38.4 Å². The standard InChI is InChI=1S/C90H123N21O23S/c1-7-9-20-69-83(127)100-60(31-33-91)79(123)106-68(78(122)96-44-73(92)115)46-135-47-74(116)98-66(36-50-23-25-54(113)26-24-50)86(130)107(4)49(3)77(121)101-62(27-29-75(117)118)88(132)110-34-15-22-70(110)84(128)104-65(39-53-43-93-48-97-53)82(126)102-63(28-30-76(119)120)89(133)111-45-55(114)40-72(111)85(129)103-64(37-51-41-94-58-18-13-11-16-56(51)58)81(125)99-61(32-35-112)80(124)105-67(38-52-42-95-59-19-14-12-17-57(52)59)87(131)109(6)71(21-10-8-2)90(134)108(69)5/h11-14,16-19,23-26,41-43,48-49,55,60-72,94-95,112-114H,7-10,15,20-22,27-40,44-47,91H2,1-6H3,(H2,92,115)(H,93,97)(H,96,122)(H,98,116)(H,99,125)(H,100,127)(H,101,121)(H,102,126)(H,103,129)(H,104,128)(H,105,124)(H,106,123)(H,117,118)(H,119,120)/t49-,55+,60-,61-,62-,63-,64-,65-,66-,67-,68-,69-,70-,71-,72-/m0/s1. The first-order valence-corrected chi connectivity index (χ1v) is 46.1. The molecule has 0 bridgehead atoms. The number of H-pyrrole nitrogens is 3. The summed E-state index contributed by atoms with van der Waals surface area (Å²) >= 11 is 0.755. The average Bonchev–Trinajstić information content (AvgIpc) is 1.79. The van der Waals surface area contributed by atoms with Crippen molar-refractivity contribution in [3.63, 3.8) is 0 Å². The van der Waals surface area contributed by atoms with Gasteiger partial charge in [0.05, 0.1) is 24.7 Å². The number of phenolic OH excluding ortho intramolecular Hbond substituents is 1. The van der Waals surface area contributed by atoms with Crippen LogP contribution in [0.4, 0.5) is 0 Å². The van der Waals surface area contributed by atoms with Crippen molar-refractivity contribution in [3.8, 4) is 5.75 Å². The molecule has 9 rings (SSSR count). The van der Waals surface area contributed by atoms with Gasteiger partial charge in [-0.05, 0) is 106 Å². The van der Waals surface area contributed by atoms with E-state index < -0.39 is 273 Å². The van der Waals surface area contributed by atoms with E-state index in [4.69, 9.17) is 11.5 Å². The molecule has 45 heteroatoms. The molecule has 3 aromatic carbocycles. The van der Waals surface area contributed by atoms with E-state index in [0.717, 1.165) is 36.3 Å². The Hall–Kier alpha value is -13.6. The number of aromatic amines is 3. The largest absolute Gasteiger partial charge is 0.508 e. The lowest BCUT2D eigenvalue weighted by atomic mass is 9.99. The van der Waals surface area contributed by atoms with E-state index in [2.05, 4.69) is 73.1 Å². The minimum Gasteiger partial charge on any atom is -0.508 e. The van der Waals surface area contributed by atoms with Gasteiger partial charge in [-0.2, -0.15) is 0 Å². The summed E-state index contributed by atoms with van der Waals surface area (Å²) in [7, 11) is 3.88. The van der Waals surface area contributed by atoms with Crippen molar-refractivity contribution >= 4 is 140 Å². The lowest BCUT2D eigenvalue weighted by Gasteiger charge is -2.36. The topological polar surface area (TPSA) is 657 Å². The summed E-state index contributed by atoms with van der Waals surface area (Å²) < 4.78 is 0. The second-order valence-electron chi connectivity index (χ2n) is 34.0. The molecule has 0 radical (unpaired) electrons. The fraction of sp³-hybridized carbons (Fsp3) is 0.522. The van der Waals surface area contributed by atoms with Crippen molar-refractivity contribution in [2.75, 3.05) is 65.4 Å². The van der Waals surface area contributed by atoms with Crippen LogP contribution < -0.4 is 64.6 Å². The average molecular weight is 1900 g/mol. The van der Waals surface area contributed by atoms with Crippen molar-refractivity contribution in [3.05, 3.63) is 120 Å². The van der Waals surface area contributed by atoms with Crippen LogP contribution in [0.3, 0.4) is 0 Å². The monoisotopic (exact) mass is 1900 g/mol. The van der Waals surface area contributed by atoms with Crippen molar-refractivity contribution in [2.24, 2.45) is 11.5 Å². The van der Waals surface area contributed by atoms with Gasteiger partial charge in [-0.3, -0.25) is 86.3 Å². The number of nitrogens with one attached hydrogen (secondary N) is 13. The number of hydrogen-bond donors (Lipinski definition) is 20. The normalized spacial score (nSPS) is 24.7. The minimum absolute atomic E-state index is 0.0104. The van der Waals surface area contributed by atoms with Crippen LogP contribution in [0.5, 0.6) is 5.75 Å². The Balaban J connectivity index is 1.10. The van der Waals surface area contributed by atoms with Gasteiger partial charge in [-0.1, -0.05) is 88.1 Å². The van der Waals surface area contributed by atoms with Crippen LogP contribution in [0, 0.1) is 0 Å². The number of nitrogens with zero attached hydrogens (tertiary/aromatic N) is 6. The SMILES string of the molecule is CCCC[C@H]1C(=O)N(C)[C@@H](CCCC)C(=O)N[C@@H](CCN)C(=O)N[C@H](C(=O)NCC(N)=O)CSCC(=O)N[C@@H](Cc2ccc(O)cc2)C(=O)N(C)[C@@H](C)C(=O)N[C@@H](CCC(=O)O)C(=O)N2CCC[C@H]2C(=O)N[C@@H](Cc2cnc[nH]2)C(=O)N[C@@H](CCC(=O)O)C(=O)N2C[C@H](O)C[C@H]2C(=O)N[C@@H](Cc2c[nH]c3ccccc23)C(=O)N[C@@H](CCO)C(=O)N[C@@H](Cc2c[nH]c3ccccc23)C(=O)N1C. The van der Waals surface area contributed by atoms with Crippen molar-refractivity contribution in [1.82, 2.24) is 97.6 Å². The highest BCUT2D eigenvalue weighted by Crippen LogP contribution is 2.28. The molecule has 3 aliphatic rings. The third kappa shape index (κ3) is 29.2. The second kappa shape index (κ2) is 50.5. The number of rotatable bonds is 27. The Labute approximate surface area is 781 Å². The smallest absolute Gasteiger partial charge is 0.303 e. The number of likely N-dealkylation sites (N-methyl/N-ethyl adjacent to an activating group) is 3. The van der Waals surface area contributed by atoms with Gasteiger partial charge >= 0.3 is 11.9 Å². The molecule has 0 unspecified atom stereocenters. The van der Waals surface area contributed by atoms with Gasteiger partial charge in [-0.15, -0.1) is 11.8 Å². The molecule has 0 spiro atoms. The Kier molecular flexibility index (Phi) is 39.3. The number of primary amides is 1. The number of carboxylic acid groups (broad SMARTS) is 2. The van der Waals surface area contributed by atoms with Crippen molar-refractivity contribution in [2.45, 2.75) is 233 Å². The molecule has 0 saturated carbocycles. The third-order valence-electron chi connectivity index (χ3n) is 24.2. The van der Waals surface area contributed by atoms with Gasteiger partial charge in [0, 0.05) is 138 Å². The number of nitrogens with two attached hydrogens (primary N) is 2. The molecule has 6 heterocycles. The number of thioether (sulfide) groups is 1. The predicted molar refractivity (Wildman–Crippen MR) is 489 cm³/mol. The van der Waals surface area contributed by atoms with E-state index in [1.165, 1.54) is 64.9 Å². The second-order valence-corrected chi connectivity index (χ2v) is 35.0. The maximum Gasteiger partial charge on any atom is 0.303 e. The summed E-state index contributed by atoms with van der Waals surface area (Å²) in [6, 6.07) is -2.91. The lowest BCUT2D eigenvalue weighted by molar-refractivity contribution is -0.149. The van der Waals surface area contributed by atoms with Gasteiger partial charge in [0.25, 0.3) is 0 Å². The number of amides is 16. The highest BCUT2D eigenvalue weighted by atomic mass is 32.2. The molecule has 6 aromatic rings. The molecule has 135 heavy (non-hydrogen) atoms. The van der Waals surface area contributed by atoms with Gasteiger partial charge < -0.3 is 130 Å². The van der Waals surface area contributed by atoms with E-state index in [1.54, 1.807) is 60.9 Å². The number of hydrogen-bond acceptors (Lipinski definition) is 24. The molecular weight excluding hydrogens is 1780 g/mol. The highest BCUT2D eigenvalue weighted by molar-refractivity contribution is 8.00. The van der Waals surface area contributed by atoms with Crippen LogP contribution in [-0.4, -0.2) is 333 Å². The number of imidazole rings is 1. The molecule has 3 aromatic heterocycles. The number of fused-ring (bicyclic) bond motifs is 4.